The number of nitrogens with one attached hydrogen (secondary N) is 1. The maximum absolute atomic E-state index is 12.3. The van der Waals surface area contributed by atoms with Gasteiger partial charge in [-0.15, -0.1) is 0 Å². The van der Waals surface area contributed by atoms with Gasteiger partial charge in [-0.3, -0.25) is 19.7 Å². The van der Waals surface area contributed by atoms with Gasteiger partial charge >= 0.3 is 0 Å². The van der Waals surface area contributed by atoms with Crippen molar-refractivity contribution in [3.05, 3.63) is 68.7 Å². The molecule has 0 aliphatic carbocycles. The Hall–Kier alpha value is -3.26. The van der Waals surface area contributed by atoms with Crippen molar-refractivity contribution >= 4 is 40.6 Å². The fourth-order valence-electron chi connectivity index (χ4n) is 2.50. The number of aryl methyl sites for hydroxylation is 1. The van der Waals surface area contributed by atoms with Crippen LogP contribution in [0.1, 0.15) is 22.3 Å². The Kier molecular flexibility index (Phi) is 4.68. The van der Waals surface area contributed by atoms with Crippen LogP contribution in [0.15, 0.2) is 47.6 Å². The molecule has 0 atom stereocenters. The number of rotatable bonds is 3. The van der Waals surface area contributed by atoms with E-state index in [2.05, 4.69) is 10.4 Å². The van der Waals surface area contributed by atoms with E-state index in [1.807, 2.05) is 6.92 Å². The van der Waals surface area contributed by atoms with Crippen LogP contribution in [0.25, 0.3) is 0 Å². The van der Waals surface area contributed by atoms with Crippen molar-refractivity contribution in [1.82, 2.24) is 5.32 Å². The van der Waals surface area contributed by atoms with Crippen LogP contribution in [0.4, 0.5) is 11.4 Å². The van der Waals surface area contributed by atoms with E-state index in [9.17, 15) is 19.7 Å². The third-order valence-corrected chi connectivity index (χ3v) is 3.84. The number of carbonyl (C=O) groups excluding carboxylic acids is 2. The molecule has 8 nitrogen and oxygen atoms in total. The molecule has 2 amide bonds. The maximum atomic E-state index is 12.3. The summed E-state index contributed by atoms with van der Waals surface area (Å²) in [6.45, 7) is 1.84. The molecule has 9 heteroatoms. The van der Waals surface area contributed by atoms with Crippen LogP contribution < -0.4 is 10.3 Å². The minimum absolute atomic E-state index is 0.0910. The Morgan fingerprint density at radius 1 is 1.31 bits per heavy atom. The standard InChI is InChI=1S/C17H13ClN4O4/c1-10-5-12(18)8-14(6-10)21-16(23)9-15(20-21)19-17(24)11-3-2-4-13(7-11)22(25)26/h2-8H,9H2,1H3,(H,19,20,24). The van der Waals surface area contributed by atoms with Gasteiger partial charge in [-0.05, 0) is 36.8 Å². The highest BCUT2D eigenvalue weighted by Gasteiger charge is 2.27. The second-order valence-electron chi connectivity index (χ2n) is 5.68. The molecule has 0 radical (unpaired) electrons. The van der Waals surface area contributed by atoms with Crippen molar-refractivity contribution in [1.29, 1.82) is 0 Å². The highest BCUT2D eigenvalue weighted by molar-refractivity contribution is 6.31. The van der Waals surface area contributed by atoms with Crippen LogP contribution in [-0.4, -0.2) is 22.6 Å². The van der Waals surface area contributed by atoms with Gasteiger partial charge in [0.2, 0.25) is 0 Å². The van der Waals surface area contributed by atoms with E-state index in [0.717, 1.165) is 11.6 Å². The lowest BCUT2D eigenvalue weighted by Crippen LogP contribution is -2.29. The predicted octanol–water partition coefficient (Wildman–Crippen LogP) is 3.04. The second-order valence-corrected chi connectivity index (χ2v) is 6.11. The molecule has 1 heterocycles. The second kappa shape index (κ2) is 6.93. The van der Waals surface area contributed by atoms with Gasteiger partial charge in [0.25, 0.3) is 17.5 Å². The molecule has 26 heavy (non-hydrogen) atoms. The lowest BCUT2D eigenvalue weighted by molar-refractivity contribution is -0.384. The highest BCUT2D eigenvalue weighted by Crippen LogP contribution is 2.25. The van der Waals surface area contributed by atoms with Crippen molar-refractivity contribution in [3.8, 4) is 0 Å². The van der Waals surface area contributed by atoms with E-state index in [-0.39, 0.29) is 29.4 Å². The smallest absolute Gasteiger partial charge is 0.270 e. The summed E-state index contributed by atoms with van der Waals surface area (Å²) >= 11 is 6.01. The summed E-state index contributed by atoms with van der Waals surface area (Å²) in [5, 5.41) is 19.1. The van der Waals surface area contributed by atoms with Gasteiger partial charge in [0, 0.05) is 22.7 Å². The number of anilines is 1. The normalized spacial score (nSPS) is 13.5. The highest BCUT2D eigenvalue weighted by atomic mass is 35.5. The first kappa shape index (κ1) is 17.6. The number of hydrogen-bond acceptors (Lipinski definition) is 5. The molecule has 3 rings (SSSR count). The Morgan fingerprint density at radius 2 is 2.08 bits per heavy atom. The van der Waals surface area contributed by atoms with E-state index in [4.69, 9.17) is 11.6 Å². The summed E-state index contributed by atoms with van der Waals surface area (Å²) in [6, 6.07) is 10.4. The van der Waals surface area contributed by atoms with Crippen molar-refractivity contribution in [3.63, 3.8) is 0 Å². The summed E-state index contributed by atoms with van der Waals surface area (Å²) in [5.41, 5.74) is 1.27. The molecular formula is C17H13ClN4O4. The van der Waals surface area contributed by atoms with Crippen LogP contribution in [0.5, 0.6) is 0 Å². The Bertz CT molecular complexity index is 937. The van der Waals surface area contributed by atoms with Gasteiger partial charge in [0.05, 0.1) is 17.0 Å². The largest absolute Gasteiger partial charge is 0.308 e. The maximum Gasteiger partial charge on any atom is 0.270 e. The molecule has 2 aromatic carbocycles. The summed E-state index contributed by atoms with van der Waals surface area (Å²) < 4.78 is 0. The van der Waals surface area contributed by atoms with E-state index in [1.165, 1.54) is 23.2 Å². The average Bonchev–Trinajstić information content (AvgIpc) is 2.94. The number of carbonyl (C=O) groups is 2. The van der Waals surface area contributed by atoms with Crippen LogP contribution in [0, 0.1) is 17.0 Å². The zero-order chi connectivity index (χ0) is 18.8. The van der Waals surface area contributed by atoms with Crippen molar-refractivity contribution in [2.45, 2.75) is 13.3 Å². The fraction of sp³-hybridized carbons (Fsp3) is 0.118. The minimum Gasteiger partial charge on any atom is -0.308 e. The number of nitrogens with zero attached hydrogens (tertiary/aromatic N) is 3. The van der Waals surface area contributed by atoms with Crippen LogP contribution in [0.3, 0.4) is 0 Å². The van der Waals surface area contributed by atoms with Gasteiger partial charge in [0.15, 0.2) is 0 Å². The number of amides is 2. The number of nitro groups is 1. The third-order valence-electron chi connectivity index (χ3n) is 3.62. The molecule has 0 fully saturated rings. The molecule has 132 valence electrons. The predicted molar refractivity (Wildman–Crippen MR) is 96.3 cm³/mol. The molecule has 1 aliphatic rings. The Balaban J connectivity index is 1.80. The molecule has 0 spiro atoms. The van der Waals surface area contributed by atoms with Gasteiger partial charge in [-0.2, -0.15) is 10.1 Å². The first-order chi connectivity index (χ1) is 12.3. The average molecular weight is 373 g/mol. The number of non-ortho nitro benzene ring substituents is 1. The molecule has 1 aliphatic heterocycles. The number of hydrazone groups is 1. The summed E-state index contributed by atoms with van der Waals surface area (Å²) in [4.78, 5) is 34.7. The number of halogens is 1. The van der Waals surface area contributed by atoms with Gasteiger partial charge in [-0.25, -0.2) is 0 Å². The third kappa shape index (κ3) is 3.70. The molecular weight excluding hydrogens is 360 g/mol. The Morgan fingerprint density at radius 3 is 2.77 bits per heavy atom. The van der Waals surface area contributed by atoms with Crippen LogP contribution in [-0.2, 0) is 4.79 Å². The van der Waals surface area contributed by atoms with E-state index < -0.39 is 10.8 Å². The number of benzene rings is 2. The monoisotopic (exact) mass is 372 g/mol. The van der Waals surface area contributed by atoms with E-state index in [1.54, 1.807) is 18.2 Å². The van der Waals surface area contributed by atoms with E-state index in [0.29, 0.717) is 10.7 Å². The molecule has 0 unspecified atom stereocenters. The summed E-state index contributed by atoms with van der Waals surface area (Å²) in [7, 11) is 0. The number of nitro benzene ring substituents is 1. The van der Waals surface area contributed by atoms with E-state index >= 15 is 0 Å². The van der Waals surface area contributed by atoms with Gasteiger partial charge in [0.1, 0.15) is 5.84 Å². The van der Waals surface area contributed by atoms with Gasteiger partial charge in [-0.1, -0.05) is 17.7 Å². The SMILES string of the molecule is Cc1cc(Cl)cc(N2N=C(NC(=O)c3cccc([N+](=O)[O-])c3)CC2=O)c1. The Labute approximate surface area is 153 Å². The molecule has 0 bridgehead atoms. The first-order valence-electron chi connectivity index (χ1n) is 7.57. The quantitative estimate of drug-likeness (QED) is 0.660. The van der Waals surface area contributed by atoms with Crippen LogP contribution in [0.2, 0.25) is 5.02 Å². The molecule has 1 N–H and O–H groups in total. The number of amidine groups is 1. The molecule has 0 saturated carbocycles. The molecule has 2 aromatic rings. The van der Waals surface area contributed by atoms with Crippen molar-refractivity contribution in [2.75, 3.05) is 5.01 Å². The zero-order valence-electron chi connectivity index (χ0n) is 13.6. The zero-order valence-corrected chi connectivity index (χ0v) is 14.4. The topological polar surface area (TPSA) is 105 Å². The first-order valence-corrected chi connectivity index (χ1v) is 7.95. The lowest BCUT2D eigenvalue weighted by atomic mass is 10.2. The fourth-order valence-corrected chi connectivity index (χ4v) is 2.79. The lowest BCUT2D eigenvalue weighted by Gasteiger charge is -2.12. The number of hydrogen-bond donors (Lipinski definition) is 1. The minimum atomic E-state index is -0.587. The molecule has 0 saturated heterocycles. The van der Waals surface area contributed by atoms with Crippen molar-refractivity contribution < 1.29 is 14.5 Å². The molecule has 0 aromatic heterocycles. The van der Waals surface area contributed by atoms with Gasteiger partial charge < -0.3 is 5.32 Å². The summed E-state index contributed by atoms with van der Waals surface area (Å²) in [6.07, 6.45) is -0.0910. The van der Waals surface area contributed by atoms with Crippen LogP contribution >= 0.6 is 11.6 Å². The van der Waals surface area contributed by atoms with Crippen molar-refractivity contribution in [2.24, 2.45) is 5.10 Å². The summed E-state index contributed by atoms with van der Waals surface area (Å²) in [5.74, 6) is -0.741.